The molecule has 0 aliphatic carbocycles. The summed E-state index contributed by atoms with van der Waals surface area (Å²) in [4.78, 5) is 12.4. The van der Waals surface area contributed by atoms with Gasteiger partial charge in [-0.2, -0.15) is 0 Å². The van der Waals surface area contributed by atoms with Crippen LogP contribution in [-0.4, -0.2) is 11.6 Å². The molecule has 0 saturated carbocycles. The van der Waals surface area contributed by atoms with E-state index in [1.165, 1.54) is 16.9 Å². The lowest BCUT2D eigenvalue weighted by Crippen LogP contribution is -2.24. The van der Waals surface area contributed by atoms with Crippen molar-refractivity contribution in [3.8, 4) is 11.1 Å². The summed E-state index contributed by atoms with van der Waals surface area (Å²) < 4.78 is 5.46. The first-order valence-corrected chi connectivity index (χ1v) is 7.89. The highest BCUT2D eigenvalue weighted by molar-refractivity contribution is 7.14. The van der Waals surface area contributed by atoms with Crippen molar-refractivity contribution in [3.05, 3.63) is 40.8 Å². The minimum atomic E-state index is -0.533. The predicted molar refractivity (Wildman–Crippen MR) is 88.7 cm³/mol. The molecule has 112 valence electrons. The molecular formula is C17H21NO2S. The summed E-state index contributed by atoms with van der Waals surface area (Å²) in [6, 6.07) is 8.19. The number of nitrogens with two attached hydrogens (primary N) is 1. The molecule has 0 atom stereocenters. The van der Waals surface area contributed by atoms with Crippen LogP contribution in [0.2, 0.25) is 0 Å². The Morgan fingerprint density at radius 3 is 2.38 bits per heavy atom. The van der Waals surface area contributed by atoms with Crippen LogP contribution in [-0.2, 0) is 11.2 Å². The van der Waals surface area contributed by atoms with Crippen LogP contribution in [0.1, 0.15) is 43.6 Å². The van der Waals surface area contributed by atoms with E-state index in [1.54, 1.807) is 0 Å². The Morgan fingerprint density at radius 1 is 1.24 bits per heavy atom. The van der Waals surface area contributed by atoms with Crippen LogP contribution in [0.3, 0.4) is 0 Å². The predicted octanol–water partition coefficient (Wildman–Crippen LogP) is 4.52. The second-order valence-electron chi connectivity index (χ2n) is 5.94. The normalized spacial score (nSPS) is 11.4. The zero-order valence-corrected chi connectivity index (χ0v) is 13.7. The quantitative estimate of drug-likeness (QED) is 0.848. The summed E-state index contributed by atoms with van der Waals surface area (Å²) in [6.07, 6.45) is 0.991. The van der Waals surface area contributed by atoms with Gasteiger partial charge >= 0.3 is 5.97 Å². The zero-order chi connectivity index (χ0) is 15.6. The average Bonchev–Trinajstić information content (AvgIpc) is 2.79. The third kappa shape index (κ3) is 3.64. The molecule has 0 aliphatic heterocycles. The Balaban J connectivity index is 2.39. The van der Waals surface area contributed by atoms with Gasteiger partial charge in [0, 0.05) is 10.9 Å². The topological polar surface area (TPSA) is 52.3 Å². The van der Waals surface area contributed by atoms with Crippen LogP contribution in [0.25, 0.3) is 11.1 Å². The third-order valence-electron chi connectivity index (χ3n) is 3.10. The van der Waals surface area contributed by atoms with Crippen molar-refractivity contribution in [2.75, 3.05) is 5.73 Å². The summed E-state index contributed by atoms with van der Waals surface area (Å²) >= 11 is 1.37. The lowest BCUT2D eigenvalue weighted by atomic mass is 10.0. The standard InChI is InChI=1S/C17H21NO2S/c1-5-11-6-8-12(9-7-11)13-10-21-15(18)14(13)16(19)20-17(2,3)4/h6-10H,5,18H2,1-4H3. The fourth-order valence-corrected chi connectivity index (χ4v) is 2.85. The van der Waals surface area contributed by atoms with Crippen LogP contribution < -0.4 is 5.73 Å². The number of rotatable bonds is 3. The first kappa shape index (κ1) is 15.6. The van der Waals surface area contributed by atoms with Crippen molar-refractivity contribution in [1.82, 2.24) is 0 Å². The van der Waals surface area contributed by atoms with Gasteiger partial charge in [0.1, 0.15) is 16.2 Å². The Morgan fingerprint density at radius 2 is 1.86 bits per heavy atom. The van der Waals surface area contributed by atoms with Crippen molar-refractivity contribution < 1.29 is 9.53 Å². The van der Waals surface area contributed by atoms with E-state index in [2.05, 4.69) is 19.1 Å². The molecule has 0 bridgehead atoms. The SMILES string of the molecule is CCc1ccc(-c2csc(N)c2C(=O)OC(C)(C)C)cc1. The Bertz CT molecular complexity index is 636. The molecule has 2 N–H and O–H groups in total. The number of benzene rings is 1. The lowest BCUT2D eigenvalue weighted by Gasteiger charge is -2.20. The summed E-state index contributed by atoms with van der Waals surface area (Å²) in [6.45, 7) is 7.67. The molecule has 1 aromatic heterocycles. The maximum Gasteiger partial charge on any atom is 0.342 e. The maximum absolute atomic E-state index is 12.4. The van der Waals surface area contributed by atoms with Gasteiger partial charge in [-0.15, -0.1) is 11.3 Å². The fourth-order valence-electron chi connectivity index (χ4n) is 2.05. The molecule has 1 aromatic carbocycles. The Hall–Kier alpha value is -1.81. The molecule has 2 rings (SSSR count). The molecule has 0 aliphatic rings. The second kappa shape index (κ2) is 5.90. The molecule has 0 unspecified atom stereocenters. The molecule has 1 heterocycles. The Labute approximate surface area is 129 Å². The summed E-state index contributed by atoms with van der Waals surface area (Å²) in [5.41, 5.74) is 9.00. The van der Waals surface area contributed by atoms with Gasteiger partial charge in [-0.3, -0.25) is 0 Å². The molecule has 0 spiro atoms. The molecule has 4 heteroatoms. The molecule has 0 saturated heterocycles. The number of hydrogen-bond acceptors (Lipinski definition) is 4. The van der Waals surface area contributed by atoms with E-state index in [4.69, 9.17) is 10.5 Å². The van der Waals surface area contributed by atoms with E-state index in [1.807, 2.05) is 38.3 Å². The molecule has 2 aromatic rings. The largest absolute Gasteiger partial charge is 0.456 e. The molecule has 0 amide bonds. The van der Waals surface area contributed by atoms with Gasteiger partial charge in [-0.25, -0.2) is 4.79 Å². The molecule has 21 heavy (non-hydrogen) atoms. The second-order valence-corrected chi connectivity index (χ2v) is 6.85. The van der Waals surface area contributed by atoms with Gasteiger partial charge in [0.2, 0.25) is 0 Å². The van der Waals surface area contributed by atoms with Crippen molar-refractivity contribution in [1.29, 1.82) is 0 Å². The van der Waals surface area contributed by atoms with Crippen LogP contribution in [0, 0.1) is 0 Å². The number of thiophene rings is 1. The van der Waals surface area contributed by atoms with Crippen LogP contribution in [0.15, 0.2) is 29.6 Å². The van der Waals surface area contributed by atoms with E-state index in [-0.39, 0.29) is 5.97 Å². The lowest BCUT2D eigenvalue weighted by molar-refractivity contribution is 0.00722. The number of nitrogen functional groups attached to an aromatic ring is 1. The molecular weight excluding hydrogens is 282 g/mol. The Kier molecular flexibility index (Phi) is 4.37. The average molecular weight is 303 g/mol. The number of ether oxygens (including phenoxy) is 1. The highest BCUT2D eigenvalue weighted by Crippen LogP contribution is 2.35. The summed E-state index contributed by atoms with van der Waals surface area (Å²) in [5, 5.41) is 2.41. The highest BCUT2D eigenvalue weighted by atomic mass is 32.1. The van der Waals surface area contributed by atoms with Gasteiger partial charge < -0.3 is 10.5 Å². The van der Waals surface area contributed by atoms with Crippen molar-refractivity contribution in [2.24, 2.45) is 0 Å². The highest BCUT2D eigenvalue weighted by Gasteiger charge is 2.24. The van der Waals surface area contributed by atoms with Gasteiger partial charge in [0.05, 0.1) is 0 Å². The number of esters is 1. The van der Waals surface area contributed by atoms with E-state index < -0.39 is 5.60 Å². The smallest absolute Gasteiger partial charge is 0.342 e. The van der Waals surface area contributed by atoms with Gasteiger partial charge in [0.25, 0.3) is 0 Å². The number of aryl methyl sites for hydroxylation is 1. The zero-order valence-electron chi connectivity index (χ0n) is 12.9. The number of carbonyl (C=O) groups excluding carboxylic acids is 1. The summed E-state index contributed by atoms with van der Waals surface area (Å²) in [7, 11) is 0. The van der Waals surface area contributed by atoms with Crippen molar-refractivity contribution in [3.63, 3.8) is 0 Å². The monoisotopic (exact) mass is 303 g/mol. The van der Waals surface area contributed by atoms with Crippen LogP contribution in [0.5, 0.6) is 0 Å². The molecule has 0 radical (unpaired) electrons. The summed E-state index contributed by atoms with van der Waals surface area (Å²) in [5.74, 6) is -0.365. The van der Waals surface area contributed by atoms with E-state index >= 15 is 0 Å². The van der Waals surface area contributed by atoms with E-state index in [0.717, 1.165) is 17.5 Å². The fraction of sp³-hybridized carbons (Fsp3) is 0.353. The van der Waals surface area contributed by atoms with Gasteiger partial charge in [-0.1, -0.05) is 31.2 Å². The van der Waals surface area contributed by atoms with E-state index in [0.29, 0.717) is 10.6 Å². The minimum Gasteiger partial charge on any atom is -0.456 e. The number of anilines is 1. The van der Waals surface area contributed by atoms with Gasteiger partial charge in [-0.05, 0) is 38.3 Å². The van der Waals surface area contributed by atoms with E-state index in [9.17, 15) is 4.79 Å². The van der Waals surface area contributed by atoms with Crippen LogP contribution >= 0.6 is 11.3 Å². The van der Waals surface area contributed by atoms with Crippen molar-refractivity contribution >= 4 is 22.3 Å². The maximum atomic E-state index is 12.4. The minimum absolute atomic E-state index is 0.365. The van der Waals surface area contributed by atoms with Crippen LogP contribution in [0.4, 0.5) is 5.00 Å². The third-order valence-corrected chi connectivity index (χ3v) is 3.91. The van der Waals surface area contributed by atoms with Gasteiger partial charge in [0.15, 0.2) is 0 Å². The molecule has 3 nitrogen and oxygen atoms in total. The first-order chi connectivity index (χ1) is 9.81. The first-order valence-electron chi connectivity index (χ1n) is 7.01. The van der Waals surface area contributed by atoms with Crippen molar-refractivity contribution in [2.45, 2.75) is 39.7 Å². The number of carbonyl (C=O) groups is 1. The molecule has 0 fully saturated rings. The number of hydrogen-bond donors (Lipinski definition) is 1.